The Kier molecular flexibility index (Phi) is 7.18. The molecule has 23 heavy (non-hydrogen) atoms. The Labute approximate surface area is 150 Å². The van der Waals surface area contributed by atoms with Crippen LogP contribution in [0.3, 0.4) is 0 Å². The Hall–Kier alpha value is -1.26. The quantitative estimate of drug-likeness (QED) is 0.686. The van der Waals surface area contributed by atoms with Crippen LogP contribution < -0.4 is 10.6 Å². The zero-order chi connectivity index (χ0) is 16.7. The molecule has 2 N–H and O–H groups in total. The monoisotopic (exact) mass is 370 g/mol. The Morgan fingerprint density at radius 2 is 1.78 bits per heavy atom. The van der Waals surface area contributed by atoms with E-state index >= 15 is 0 Å². The molecule has 0 aliphatic rings. The number of hydrogen-bond donors (Lipinski definition) is 2. The Morgan fingerprint density at radius 3 is 2.52 bits per heavy atom. The molecule has 0 radical (unpaired) electrons. The third kappa shape index (κ3) is 6.40. The number of nitrogens with one attached hydrogen (secondary N) is 2. The van der Waals surface area contributed by atoms with Gasteiger partial charge in [-0.3, -0.25) is 4.79 Å². The molecule has 0 aliphatic heterocycles. The minimum Gasteiger partial charge on any atom is -0.326 e. The summed E-state index contributed by atoms with van der Waals surface area (Å²) in [6.45, 7) is 1.40. The molecular weight excluding hydrogens is 355 g/mol. The summed E-state index contributed by atoms with van der Waals surface area (Å²) in [5, 5.41) is 7.65. The Morgan fingerprint density at radius 1 is 0.957 bits per heavy atom. The minimum absolute atomic E-state index is 0.0707. The van der Waals surface area contributed by atoms with Gasteiger partial charge >= 0.3 is 0 Å². The largest absolute Gasteiger partial charge is 0.326 e. The van der Waals surface area contributed by atoms with E-state index in [1.54, 1.807) is 18.2 Å². The summed E-state index contributed by atoms with van der Waals surface area (Å²) in [5.41, 5.74) is 1.81. The number of carbonyl (C=O) groups is 1. The van der Waals surface area contributed by atoms with E-state index in [2.05, 4.69) is 10.6 Å². The number of benzene rings is 2. The molecular formula is C17H17Cl3N2O. The maximum absolute atomic E-state index is 11.8. The molecule has 3 nitrogen and oxygen atoms in total. The summed E-state index contributed by atoms with van der Waals surface area (Å²) in [4.78, 5) is 11.8. The number of halogens is 3. The van der Waals surface area contributed by atoms with Crippen LogP contribution in [0.2, 0.25) is 15.1 Å². The average molecular weight is 372 g/mol. The van der Waals surface area contributed by atoms with E-state index in [0.29, 0.717) is 28.7 Å². The van der Waals surface area contributed by atoms with Gasteiger partial charge in [0.05, 0.1) is 10.0 Å². The molecule has 122 valence electrons. The van der Waals surface area contributed by atoms with Crippen molar-refractivity contribution in [2.24, 2.45) is 0 Å². The molecule has 0 saturated heterocycles. The molecule has 0 fully saturated rings. The molecule has 0 heterocycles. The summed E-state index contributed by atoms with van der Waals surface area (Å²) in [7, 11) is 0. The predicted molar refractivity (Wildman–Crippen MR) is 97.7 cm³/mol. The zero-order valence-electron chi connectivity index (χ0n) is 12.4. The molecule has 0 bridgehead atoms. The van der Waals surface area contributed by atoms with Crippen LogP contribution >= 0.6 is 34.8 Å². The van der Waals surface area contributed by atoms with Crippen LogP contribution in [0.5, 0.6) is 0 Å². The van der Waals surface area contributed by atoms with Crippen molar-refractivity contribution < 1.29 is 4.79 Å². The molecule has 0 aliphatic carbocycles. The highest BCUT2D eigenvalue weighted by Gasteiger charge is 2.04. The van der Waals surface area contributed by atoms with Crippen molar-refractivity contribution in [2.45, 2.75) is 12.8 Å². The number of hydrogen-bond acceptors (Lipinski definition) is 2. The van der Waals surface area contributed by atoms with Crippen molar-refractivity contribution >= 4 is 46.4 Å². The molecule has 2 aromatic carbocycles. The van der Waals surface area contributed by atoms with Crippen LogP contribution in [-0.4, -0.2) is 19.0 Å². The lowest BCUT2D eigenvalue weighted by Crippen LogP contribution is -2.23. The van der Waals surface area contributed by atoms with Crippen LogP contribution in [-0.2, 0) is 11.2 Å². The smallest absolute Gasteiger partial charge is 0.225 e. The second-order valence-corrected chi connectivity index (χ2v) is 6.31. The fourth-order valence-electron chi connectivity index (χ4n) is 2.05. The zero-order valence-corrected chi connectivity index (χ0v) is 14.7. The average Bonchev–Trinajstić information content (AvgIpc) is 2.51. The first-order valence-corrected chi connectivity index (χ1v) is 8.38. The summed E-state index contributed by atoms with van der Waals surface area (Å²) < 4.78 is 0. The minimum atomic E-state index is -0.0707. The summed E-state index contributed by atoms with van der Waals surface area (Å²) >= 11 is 17.7. The van der Waals surface area contributed by atoms with Crippen molar-refractivity contribution in [1.29, 1.82) is 0 Å². The second kappa shape index (κ2) is 9.14. The normalized spacial score (nSPS) is 10.6. The fraction of sp³-hybridized carbons (Fsp3) is 0.235. The van der Waals surface area contributed by atoms with Crippen LogP contribution in [0.4, 0.5) is 5.69 Å². The predicted octanol–water partition coefficient (Wildman–Crippen LogP) is 4.81. The SMILES string of the molecule is O=C(CCNCCc1cccc(Cl)c1)Nc1ccc(Cl)c(Cl)c1. The van der Waals surface area contributed by atoms with Gasteiger partial charge in [0.2, 0.25) is 5.91 Å². The van der Waals surface area contributed by atoms with Gasteiger partial charge in [-0.05, 0) is 48.9 Å². The van der Waals surface area contributed by atoms with E-state index in [9.17, 15) is 4.79 Å². The van der Waals surface area contributed by atoms with Crippen molar-refractivity contribution in [1.82, 2.24) is 5.32 Å². The number of rotatable bonds is 7. The van der Waals surface area contributed by atoms with E-state index in [1.807, 2.05) is 24.3 Å². The van der Waals surface area contributed by atoms with E-state index in [4.69, 9.17) is 34.8 Å². The number of carbonyl (C=O) groups excluding carboxylic acids is 1. The molecule has 0 atom stereocenters. The van der Waals surface area contributed by atoms with Gasteiger partial charge in [0.15, 0.2) is 0 Å². The van der Waals surface area contributed by atoms with Gasteiger partial charge in [0, 0.05) is 23.7 Å². The lowest BCUT2D eigenvalue weighted by Gasteiger charge is -2.07. The van der Waals surface area contributed by atoms with Gasteiger partial charge < -0.3 is 10.6 Å². The third-order valence-corrected chi connectivity index (χ3v) is 4.19. The summed E-state index contributed by atoms with van der Waals surface area (Å²) in [5.74, 6) is -0.0707. The highest BCUT2D eigenvalue weighted by atomic mass is 35.5. The molecule has 0 unspecified atom stereocenters. The maximum atomic E-state index is 11.8. The topological polar surface area (TPSA) is 41.1 Å². The van der Waals surface area contributed by atoms with E-state index in [-0.39, 0.29) is 5.91 Å². The number of amides is 1. The van der Waals surface area contributed by atoms with Gasteiger partial charge in [0.25, 0.3) is 0 Å². The molecule has 0 aromatic heterocycles. The van der Waals surface area contributed by atoms with E-state index < -0.39 is 0 Å². The van der Waals surface area contributed by atoms with Crippen molar-refractivity contribution in [2.75, 3.05) is 18.4 Å². The fourth-order valence-corrected chi connectivity index (χ4v) is 2.56. The standard InChI is InChI=1S/C17H17Cl3N2O/c18-13-3-1-2-12(10-13)6-8-21-9-7-17(23)22-14-4-5-15(19)16(20)11-14/h1-5,10-11,21H,6-9H2,(H,22,23). The lowest BCUT2D eigenvalue weighted by atomic mass is 10.1. The lowest BCUT2D eigenvalue weighted by molar-refractivity contribution is -0.116. The van der Waals surface area contributed by atoms with Crippen molar-refractivity contribution in [3.8, 4) is 0 Å². The highest BCUT2D eigenvalue weighted by Crippen LogP contribution is 2.24. The van der Waals surface area contributed by atoms with Gasteiger partial charge in [-0.1, -0.05) is 46.9 Å². The first kappa shape index (κ1) is 18.1. The van der Waals surface area contributed by atoms with Gasteiger partial charge in [-0.25, -0.2) is 0 Å². The third-order valence-electron chi connectivity index (χ3n) is 3.21. The van der Waals surface area contributed by atoms with E-state index in [1.165, 1.54) is 5.56 Å². The Bertz CT molecular complexity index is 677. The Balaban J connectivity index is 1.65. The first-order chi connectivity index (χ1) is 11.0. The molecule has 0 saturated carbocycles. The van der Waals surface area contributed by atoms with Crippen LogP contribution in [0.15, 0.2) is 42.5 Å². The van der Waals surface area contributed by atoms with Crippen molar-refractivity contribution in [3.63, 3.8) is 0 Å². The van der Waals surface area contributed by atoms with Crippen molar-refractivity contribution in [3.05, 3.63) is 63.1 Å². The molecule has 1 amide bonds. The van der Waals surface area contributed by atoms with Gasteiger partial charge in [-0.15, -0.1) is 0 Å². The summed E-state index contributed by atoms with van der Waals surface area (Å²) in [6, 6.07) is 12.8. The molecule has 2 aromatic rings. The summed E-state index contributed by atoms with van der Waals surface area (Å²) in [6.07, 6.45) is 1.25. The van der Waals surface area contributed by atoms with Crippen LogP contribution in [0.1, 0.15) is 12.0 Å². The second-order valence-electron chi connectivity index (χ2n) is 5.06. The van der Waals surface area contributed by atoms with E-state index in [0.717, 1.165) is 18.0 Å². The number of anilines is 1. The molecule has 2 rings (SSSR count). The van der Waals surface area contributed by atoms with Gasteiger partial charge in [0.1, 0.15) is 0 Å². The first-order valence-electron chi connectivity index (χ1n) is 7.24. The maximum Gasteiger partial charge on any atom is 0.225 e. The van der Waals surface area contributed by atoms with Gasteiger partial charge in [-0.2, -0.15) is 0 Å². The van der Waals surface area contributed by atoms with Crippen LogP contribution in [0, 0.1) is 0 Å². The molecule has 6 heteroatoms. The highest BCUT2D eigenvalue weighted by molar-refractivity contribution is 6.42. The van der Waals surface area contributed by atoms with Crippen LogP contribution in [0.25, 0.3) is 0 Å². The molecule has 0 spiro atoms.